The molecule has 0 saturated carbocycles. The maximum absolute atomic E-state index is 2.40. The molecule has 0 bridgehead atoms. The molecular weight excluding hydrogens is 240 g/mol. The standard InChI is InChI=1S/C20H36/c1-11(2)16-17(12(3)4)19(14(7)8)20(15(9)10)18(16)13(5)6/h11-16H,1-10H3. The van der Waals surface area contributed by atoms with E-state index in [2.05, 4.69) is 69.2 Å². The third kappa shape index (κ3) is 3.05. The zero-order valence-corrected chi connectivity index (χ0v) is 15.5. The van der Waals surface area contributed by atoms with E-state index >= 15 is 0 Å². The van der Waals surface area contributed by atoms with Crippen LogP contribution in [0.25, 0.3) is 0 Å². The zero-order valence-electron chi connectivity index (χ0n) is 15.5. The molecule has 0 heteroatoms. The average molecular weight is 277 g/mol. The van der Waals surface area contributed by atoms with Crippen LogP contribution in [0, 0.1) is 35.5 Å². The molecule has 0 atom stereocenters. The van der Waals surface area contributed by atoms with Crippen molar-refractivity contribution in [2.45, 2.75) is 69.2 Å². The SMILES string of the molecule is CC(C)C1=C(C(C)C)C(C(C)C)C(C(C)C)=C1C(C)C. The molecule has 1 aliphatic rings. The fourth-order valence-electron chi connectivity index (χ4n) is 4.16. The summed E-state index contributed by atoms with van der Waals surface area (Å²) in [6.07, 6.45) is 0. The third-order valence-corrected chi connectivity index (χ3v) is 4.65. The molecule has 0 aliphatic heterocycles. The zero-order chi connectivity index (χ0) is 15.8. The van der Waals surface area contributed by atoms with Crippen LogP contribution in [-0.4, -0.2) is 0 Å². The summed E-state index contributed by atoms with van der Waals surface area (Å²) >= 11 is 0. The first-order valence-corrected chi connectivity index (χ1v) is 8.59. The highest BCUT2D eigenvalue weighted by atomic mass is 14.4. The quantitative estimate of drug-likeness (QED) is 0.538. The van der Waals surface area contributed by atoms with E-state index in [9.17, 15) is 0 Å². The first kappa shape index (κ1) is 17.5. The number of hydrogen-bond acceptors (Lipinski definition) is 0. The second-order valence-electron chi connectivity index (χ2n) is 8.08. The highest BCUT2D eigenvalue weighted by Gasteiger charge is 2.38. The van der Waals surface area contributed by atoms with E-state index in [4.69, 9.17) is 0 Å². The van der Waals surface area contributed by atoms with Gasteiger partial charge in [-0.25, -0.2) is 0 Å². The molecule has 0 nitrogen and oxygen atoms in total. The molecule has 1 aliphatic carbocycles. The van der Waals surface area contributed by atoms with E-state index < -0.39 is 0 Å². The average Bonchev–Trinajstić information content (AvgIpc) is 2.64. The van der Waals surface area contributed by atoms with Crippen LogP contribution in [0.4, 0.5) is 0 Å². The Morgan fingerprint density at radius 1 is 0.500 bits per heavy atom. The van der Waals surface area contributed by atoms with Crippen LogP contribution in [0.15, 0.2) is 22.3 Å². The summed E-state index contributed by atoms with van der Waals surface area (Å²) in [6, 6.07) is 0. The van der Waals surface area contributed by atoms with Crippen molar-refractivity contribution >= 4 is 0 Å². The fraction of sp³-hybridized carbons (Fsp3) is 0.800. The largest absolute Gasteiger partial charge is 0.0619 e. The van der Waals surface area contributed by atoms with Gasteiger partial charge < -0.3 is 0 Å². The van der Waals surface area contributed by atoms with Crippen LogP contribution in [-0.2, 0) is 0 Å². The van der Waals surface area contributed by atoms with E-state index in [0.29, 0.717) is 35.5 Å². The highest BCUT2D eigenvalue weighted by Crippen LogP contribution is 2.51. The van der Waals surface area contributed by atoms with Gasteiger partial charge in [0.25, 0.3) is 0 Å². The summed E-state index contributed by atoms with van der Waals surface area (Å²) in [7, 11) is 0. The Kier molecular flexibility index (Phi) is 5.70. The number of allylic oxidation sites excluding steroid dienone is 4. The van der Waals surface area contributed by atoms with Crippen molar-refractivity contribution in [3.8, 4) is 0 Å². The Morgan fingerprint density at radius 3 is 0.950 bits per heavy atom. The molecule has 0 aromatic carbocycles. The molecule has 0 aromatic heterocycles. The van der Waals surface area contributed by atoms with Gasteiger partial charge in [-0.15, -0.1) is 0 Å². The molecule has 0 radical (unpaired) electrons. The first-order chi connectivity index (χ1) is 9.11. The van der Waals surface area contributed by atoms with Crippen molar-refractivity contribution in [2.75, 3.05) is 0 Å². The normalized spacial score (nSPS) is 18.1. The third-order valence-electron chi connectivity index (χ3n) is 4.65. The first-order valence-electron chi connectivity index (χ1n) is 8.59. The molecule has 116 valence electrons. The molecule has 0 spiro atoms. The lowest BCUT2D eigenvalue weighted by atomic mass is 9.76. The summed E-state index contributed by atoms with van der Waals surface area (Å²) < 4.78 is 0. The van der Waals surface area contributed by atoms with Crippen molar-refractivity contribution in [1.82, 2.24) is 0 Å². The van der Waals surface area contributed by atoms with Gasteiger partial charge in [-0.3, -0.25) is 0 Å². The van der Waals surface area contributed by atoms with Gasteiger partial charge in [0.15, 0.2) is 0 Å². The van der Waals surface area contributed by atoms with Gasteiger partial charge >= 0.3 is 0 Å². The molecule has 0 fully saturated rings. The van der Waals surface area contributed by atoms with Gasteiger partial charge in [0.2, 0.25) is 0 Å². The van der Waals surface area contributed by atoms with Crippen LogP contribution in [0.2, 0.25) is 0 Å². The van der Waals surface area contributed by atoms with Gasteiger partial charge in [0.05, 0.1) is 0 Å². The van der Waals surface area contributed by atoms with Gasteiger partial charge in [-0.05, 0) is 40.7 Å². The molecular formula is C20H36. The number of rotatable bonds is 5. The summed E-state index contributed by atoms with van der Waals surface area (Å²) in [6.45, 7) is 23.8. The summed E-state index contributed by atoms with van der Waals surface area (Å²) in [5, 5.41) is 0. The lowest BCUT2D eigenvalue weighted by Gasteiger charge is -2.28. The Labute approximate surface area is 127 Å². The minimum absolute atomic E-state index is 0.641. The van der Waals surface area contributed by atoms with Crippen LogP contribution in [0.5, 0.6) is 0 Å². The van der Waals surface area contributed by atoms with Crippen molar-refractivity contribution < 1.29 is 0 Å². The molecule has 1 rings (SSSR count). The van der Waals surface area contributed by atoms with E-state index in [-0.39, 0.29) is 0 Å². The summed E-state index contributed by atoms with van der Waals surface area (Å²) in [4.78, 5) is 0. The van der Waals surface area contributed by atoms with E-state index in [1.807, 2.05) is 0 Å². The fourth-order valence-corrected chi connectivity index (χ4v) is 4.16. The maximum Gasteiger partial charge on any atom is 0.00472 e. The molecule has 0 N–H and O–H groups in total. The van der Waals surface area contributed by atoms with E-state index in [1.165, 1.54) is 0 Å². The molecule has 0 heterocycles. The van der Waals surface area contributed by atoms with Crippen LogP contribution in [0.1, 0.15) is 69.2 Å². The minimum atomic E-state index is 0.641. The summed E-state index contributed by atoms with van der Waals surface area (Å²) in [5.41, 5.74) is 6.86. The minimum Gasteiger partial charge on any atom is -0.0619 e. The molecule has 20 heavy (non-hydrogen) atoms. The van der Waals surface area contributed by atoms with Crippen molar-refractivity contribution in [2.24, 2.45) is 35.5 Å². The van der Waals surface area contributed by atoms with Crippen molar-refractivity contribution in [3.63, 3.8) is 0 Å². The highest BCUT2D eigenvalue weighted by molar-refractivity contribution is 5.53. The number of hydrogen-bond donors (Lipinski definition) is 0. The van der Waals surface area contributed by atoms with Gasteiger partial charge in [0, 0.05) is 5.92 Å². The molecule has 0 aromatic rings. The lowest BCUT2D eigenvalue weighted by molar-refractivity contribution is 0.436. The summed E-state index contributed by atoms with van der Waals surface area (Å²) in [5.74, 6) is 3.97. The monoisotopic (exact) mass is 276 g/mol. The van der Waals surface area contributed by atoms with Crippen molar-refractivity contribution in [3.05, 3.63) is 22.3 Å². The van der Waals surface area contributed by atoms with E-state index in [0.717, 1.165) is 0 Å². The maximum atomic E-state index is 2.40. The lowest BCUT2D eigenvalue weighted by Crippen LogP contribution is -2.19. The van der Waals surface area contributed by atoms with Gasteiger partial charge in [-0.1, -0.05) is 80.4 Å². The van der Waals surface area contributed by atoms with Gasteiger partial charge in [0.1, 0.15) is 0 Å². The van der Waals surface area contributed by atoms with Crippen molar-refractivity contribution in [1.29, 1.82) is 0 Å². The predicted octanol–water partition coefficient (Wildman–Crippen LogP) is 6.49. The Balaban J connectivity index is 3.62. The Morgan fingerprint density at radius 2 is 0.800 bits per heavy atom. The second kappa shape index (κ2) is 6.50. The van der Waals surface area contributed by atoms with Crippen LogP contribution in [0.3, 0.4) is 0 Å². The second-order valence-corrected chi connectivity index (χ2v) is 8.08. The molecule has 0 saturated heterocycles. The Bertz CT molecular complexity index is 364. The van der Waals surface area contributed by atoms with E-state index in [1.54, 1.807) is 22.3 Å². The molecule has 0 unspecified atom stereocenters. The molecule has 0 amide bonds. The Hall–Kier alpha value is -0.520. The smallest absolute Gasteiger partial charge is 0.00472 e. The van der Waals surface area contributed by atoms with Crippen LogP contribution < -0.4 is 0 Å². The topological polar surface area (TPSA) is 0 Å². The predicted molar refractivity (Wildman–Crippen MR) is 91.7 cm³/mol. The van der Waals surface area contributed by atoms with Crippen LogP contribution >= 0.6 is 0 Å². The van der Waals surface area contributed by atoms with Gasteiger partial charge in [-0.2, -0.15) is 0 Å².